The van der Waals surface area contributed by atoms with Crippen LogP contribution in [0.25, 0.3) is 32.5 Å². The fourth-order valence-corrected chi connectivity index (χ4v) is 5.53. The largest absolute Gasteiger partial charge is 0.323 e. The van der Waals surface area contributed by atoms with E-state index in [1.807, 2.05) is 54.8 Å². The Bertz CT molecular complexity index is 1610. The van der Waals surface area contributed by atoms with Gasteiger partial charge in [0.15, 0.2) is 0 Å². The zero-order valence-corrected chi connectivity index (χ0v) is 21.6. The summed E-state index contributed by atoms with van der Waals surface area (Å²) in [4.78, 5) is 31.9. The van der Waals surface area contributed by atoms with E-state index in [4.69, 9.17) is 23.2 Å². The Labute approximate surface area is 222 Å². The third kappa shape index (κ3) is 4.67. The SMILES string of the molecule is CCC(C(=O)Nc1ccc(Cl)cc1Cl)n1cnc2scc(-c3ccc(-c4ccccc4)cc3)c2c1=O. The first kappa shape index (κ1) is 24.3. The topological polar surface area (TPSA) is 64.0 Å². The molecule has 0 saturated carbocycles. The molecule has 0 aliphatic carbocycles. The first-order valence-electron chi connectivity index (χ1n) is 11.4. The predicted molar refractivity (Wildman–Crippen MR) is 149 cm³/mol. The maximum absolute atomic E-state index is 13.6. The molecule has 2 heterocycles. The Hall–Kier alpha value is -3.45. The Morgan fingerprint density at radius 1 is 1.00 bits per heavy atom. The van der Waals surface area contributed by atoms with Crippen LogP contribution in [0.5, 0.6) is 0 Å². The summed E-state index contributed by atoms with van der Waals surface area (Å²) in [6, 6.07) is 22.3. The van der Waals surface area contributed by atoms with Crippen molar-refractivity contribution in [1.82, 2.24) is 9.55 Å². The summed E-state index contributed by atoms with van der Waals surface area (Å²) in [7, 11) is 0. The van der Waals surface area contributed by atoms with Gasteiger partial charge in [0.2, 0.25) is 5.91 Å². The van der Waals surface area contributed by atoms with E-state index in [1.54, 1.807) is 18.2 Å². The van der Waals surface area contributed by atoms with Gasteiger partial charge in [-0.3, -0.25) is 14.2 Å². The van der Waals surface area contributed by atoms with E-state index in [9.17, 15) is 9.59 Å². The number of carbonyl (C=O) groups is 1. The van der Waals surface area contributed by atoms with Crippen molar-refractivity contribution in [3.05, 3.63) is 105 Å². The van der Waals surface area contributed by atoms with Gasteiger partial charge in [-0.2, -0.15) is 0 Å². The number of nitrogens with one attached hydrogen (secondary N) is 1. The summed E-state index contributed by atoms with van der Waals surface area (Å²) in [5.74, 6) is -0.353. The van der Waals surface area contributed by atoms with E-state index in [1.165, 1.54) is 22.2 Å². The number of rotatable bonds is 6. The smallest absolute Gasteiger partial charge is 0.263 e. The molecule has 0 bridgehead atoms. The molecule has 1 unspecified atom stereocenters. The molecule has 0 radical (unpaired) electrons. The number of hydrogen-bond acceptors (Lipinski definition) is 4. The van der Waals surface area contributed by atoms with Crippen LogP contribution in [0, 0.1) is 0 Å². The molecule has 0 fully saturated rings. The lowest BCUT2D eigenvalue weighted by atomic mass is 10.0. The third-order valence-electron chi connectivity index (χ3n) is 6.04. The van der Waals surface area contributed by atoms with E-state index >= 15 is 0 Å². The highest BCUT2D eigenvalue weighted by molar-refractivity contribution is 7.17. The molecule has 5 rings (SSSR count). The van der Waals surface area contributed by atoms with Crippen molar-refractivity contribution in [2.45, 2.75) is 19.4 Å². The second kappa shape index (κ2) is 10.3. The van der Waals surface area contributed by atoms with Gasteiger partial charge in [-0.25, -0.2) is 4.98 Å². The van der Waals surface area contributed by atoms with Crippen molar-refractivity contribution < 1.29 is 4.79 Å². The second-order valence-electron chi connectivity index (χ2n) is 8.27. The van der Waals surface area contributed by atoms with Crippen LogP contribution in [0.15, 0.2) is 89.3 Å². The quantitative estimate of drug-likeness (QED) is 0.243. The van der Waals surface area contributed by atoms with Gasteiger partial charge in [-0.05, 0) is 41.3 Å². The van der Waals surface area contributed by atoms with Crippen LogP contribution >= 0.6 is 34.5 Å². The number of aromatic nitrogens is 2. The normalized spacial score (nSPS) is 12.0. The highest BCUT2D eigenvalue weighted by Gasteiger charge is 2.23. The number of halogens is 2. The Balaban J connectivity index is 1.50. The molecular weight excluding hydrogens is 513 g/mol. The molecule has 0 spiro atoms. The number of fused-ring (bicyclic) bond motifs is 1. The molecule has 36 heavy (non-hydrogen) atoms. The lowest BCUT2D eigenvalue weighted by Crippen LogP contribution is -2.33. The van der Waals surface area contributed by atoms with Crippen LogP contribution in [0.1, 0.15) is 19.4 Å². The van der Waals surface area contributed by atoms with Crippen molar-refractivity contribution in [1.29, 1.82) is 0 Å². The van der Waals surface area contributed by atoms with Gasteiger partial charge in [-0.1, -0.05) is 84.7 Å². The summed E-state index contributed by atoms with van der Waals surface area (Å²) < 4.78 is 1.40. The van der Waals surface area contributed by atoms with Gasteiger partial charge in [0.05, 0.1) is 22.4 Å². The van der Waals surface area contributed by atoms with E-state index in [2.05, 4.69) is 22.4 Å². The van der Waals surface area contributed by atoms with Crippen LogP contribution in [-0.2, 0) is 4.79 Å². The van der Waals surface area contributed by atoms with Gasteiger partial charge < -0.3 is 5.32 Å². The summed E-state index contributed by atoms with van der Waals surface area (Å²) in [6.07, 6.45) is 1.84. The number of thiophene rings is 1. The molecule has 1 amide bonds. The lowest BCUT2D eigenvalue weighted by molar-refractivity contribution is -0.119. The molecule has 180 valence electrons. The van der Waals surface area contributed by atoms with Gasteiger partial charge in [-0.15, -0.1) is 11.3 Å². The molecule has 8 heteroatoms. The average molecular weight is 534 g/mol. The van der Waals surface area contributed by atoms with Crippen LogP contribution in [0.2, 0.25) is 10.0 Å². The first-order valence-corrected chi connectivity index (χ1v) is 13.0. The zero-order chi connectivity index (χ0) is 25.2. The monoisotopic (exact) mass is 533 g/mol. The number of hydrogen-bond donors (Lipinski definition) is 1. The average Bonchev–Trinajstić information content (AvgIpc) is 3.33. The van der Waals surface area contributed by atoms with Crippen LogP contribution < -0.4 is 10.9 Å². The lowest BCUT2D eigenvalue weighted by Gasteiger charge is -2.18. The summed E-state index contributed by atoms with van der Waals surface area (Å²) >= 11 is 13.6. The maximum Gasteiger partial charge on any atom is 0.263 e. The fourth-order valence-electron chi connectivity index (χ4n) is 4.17. The van der Waals surface area contributed by atoms with E-state index < -0.39 is 6.04 Å². The van der Waals surface area contributed by atoms with Crippen molar-refractivity contribution in [2.24, 2.45) is 0 Å². The van der Waals surface area contributed by atoms with Crippen molar-refractivity contribution in [2.75, 3.05) is 5.32 Å². The Morgan fingerprint density at radius 3 is 2.39 bits per heavy atom. The van der Waals surface area contributed by atoms with Crippen molar-refractivity contribution in [3.8, 4) is 22.3 Å². The molecule has 5 aromatic rings. The molecule has 5 nitrogen and oxygen atoms in total. The Kier molecular flexibility index (Phi) is 6.92. The minimum absolute atomic E-state index is 0.257. The molecule has 2 aromatic heterocycles. The summed E-state index contributed by atoms with van der Waals surface area (Å²) in [6.45, 7) is 1.85. The molecule has 1 N–H and O–H groups in total. The maximum atomic E-state index is 13.6. The van der Waals surface area contributed by atoms with E-state index in [0.29, 0.717) is 32.4 Å². The highest BCUT2D eigenvalue weighted by atomic mass is 35.5. The zero-order valence-electron chi connectivity index (χ0n) is 19.2. The predicted octanol–water partition coefficient (Wildman–Crippen LogP) is 7.69. The van der Waals surface area contributed by atoms with E-state index in [-0.39, 0.29) is 11.5 Å². The fraction of sp³-hybridized carbons (Fsp3) is 0.107. The standard InChI is InChI=1S/C28H21Cl2N3O2S/c1-2-24(26(34)32-23-13-12-20(29)14-22(23)30)33-16-31-27-25(28(33)35)21(15-36-27)19-10-8-18(9-11-19)17-6-4-3-5-7-17/h3-16,24H,2H2,1H3,(H,32,34). The van der Waals surface area contributed by atoms with Crippen LogP contribution in [0.3, 0.4) is 0 Å². The van der Waals surface area contributed by atoms with Crippen molar-refractivity contribution >= 4 is 56.3 Å². The van der Waals surface area contributed by atoms with Crippen LogP contribution in [-0.4, -0.2) is 15.5 Å². The number of nitrogens with zero attached hydrogens (tertiary/aromatic N) is 2. The number of anilines is 1. The van der Waals surface area contributed by atoms with E-state index in [0.717, 1.165) is 22.3 Å². The second-order valence-corrected chi connectivity index (χ2v) is 9.97. The number of carbonyl (C=O) groups excluding carboxylic acids is 1. The van der Waals surface area contributed by atoms with Crippen molar-refractivity contribution in [3.63, 3.8) is 0 Å². The molecule has 1 atom stereocenters. The minimum atomic E-state index is -0.755. The molecular formula is C28H21Cl2N3O2S. The summed E-state index contributed by atoms with van der Waals surface area (Å²) in [5.41, 5.74) is 4.12. The molecule has 3 aromatic carbocycles. The summed E-state index contributed by atoms with van der Waals surface area (Å²) in [5, 5.41) is 6.05. The van der Waals surface area contributed by atoms with Gasteiger partial charge in [0.25, 0.3) is 5.56 Å². The minimum Gasteiger partial charge on any atom is -0.323 e. The first-order chi connectivity index (χ1) is 17.5. The molecule has 0 saturated heterocycles. The molecule has 0 aliphatic rings. The third-order valence-corrected chi connectivity index (χ3v) is 7.47. The number of benzene rings is 3. The Morgan fingerprint density at radius 2 is 1.69 bits per heavy atom. The van der Waals surface area contributed by atoms with Gasteiger partial charge in [0.1, 0.15) is 10.9 Å². The van der Waals surface area contributed by atoms with Gasteiger partial charge in [0, 0.05) is 16.0 Å². The van der Waals surface area contributed by atoms with Crippen LogP contribution in [0.4, 0.5) is 5.69 Å². The number of amides is 1. The molecule has 0 aliphatic heterocycles. The van der Waals surface area contributed by atoms with Gasteiger partial charge >= 0.3 is 0 Å². The highest BCUT2D eigenvalue weighted by Crippen LogP contribution is 2.33.